The van der Waals surface area contributed by atoms with Crippen LogP contribution in [0.15, 0.2) is 54.3 Å². The van der Waals surface area contributed by atoms with Gasteiger partial charge < -0.3 is 4.74 Å². The Morgan fingerprint density at radius 3 is 1.93 bits per heavy atom. The van der Waals surface area contributed by atoms with Crippen LogP contribution in [-0.4, -0.2) is 26.9 Å². The number of benzene rings is 1. The molecule has 0 fully saturated rings. The van der Waals surface area contributed by atoms with Crippen LogP contribution in [0.25, 0.3) is 0 Å². The van der Waals surface area contributed by atoms with E-state index >= 15 is 0 Å². The van der Waals surface area contributed by atoms with Crippen molar-refractivity contribution in [3.05, 3.63) is 66.3 Å². The fourth-order valence-electron chi connectivity index (χ4n) is 3.23. The van der Waals surface area contributed by atoms with Gasteiger partial charge >= 0.3 is 92.4 Å². The molecule has 0 aromatic heterocycles. The number of ether oxygens (including phenoxy) is 1. The minimum absolute atomic E-state index is 0.344. The molecule has 1 nitrogen and oxygen atoms in total. The third-order valence-corrected chi connectivity index (χ3v) is 14.1. The van der Waals surface area contributed by atoms with Gasteiger partial charge in [-0.2, -0.15) is 12.2 Å². The zero-order valence-corrected chi connectivity index (χ0v) is 20.9. The van der Waals surface area contributed by atoms with E-state index in [0.717, 1.165) is 5.76 Å². The predicted octanol–water partition coefficient (Wildman–Crippen LogP) is 7.96. The fraction of sp³-hybridized carbons (Fsp3) is 0.560. The Morgan fingerprint density at radius 2 is 1.44 bits per heavy atom. The van der Waals surface area contributed by atoms with Gasteiger partial charge in [0.1, 0.15) is 0 Å². The van der Waals surface area contributed by atoms with Gasteiger partial charge in [-0.15, -0.1) is 12.5 Å². The Hall–Kier alpha value is -0.831. The molecular formula is C25H40OSn-. The number of rotatable bonds is 11. The largest absolute Gasteiger partial charge is 0.522 e. The first-order valence-corrected chi connectivity index (χ1v) is 17.0. The molecule has 1 radical (unpaired) electrons. The van der Waals surface area contributed by atoms with Crippen molar-refractivity contribution in [2.45, 2.75) is 78.5 Å². The summed E-state index contributed by atoms with van der Waals surface area (Å²) < 4.78 is 10.2. The molecule has 0 N–H and O–H groups in total. The summed E-state index contributed by atoms with van der Waals surface area (Å²) in [5.74, 6) is 1.28. The molecule has 1 aromatic carbocycles. The fourth-order valence-corrected chi connectivity index (χ4v) is 12.7. The van der Waals surface area contributed by atoms with Crippen molar-refractivity contribution >= 4 is 19.8 Å². The van der Waals surface area contributed by atoms with Crippen LogP contribution >= 0.6 is 0 Å². The van der Waals surface area contributed by atoms with Crippen LogP contribution in [0.1, 0.15) is 70.8 Å². The maximum atomic E-state index is 5.20. The van der Waals surface area contributed by atoms with E-state index in [1.54, 1.807) is 20.4 Å². The Balaban J connectivity index is 0.000000271. The standard InChI is InChI=1S/C13H13O.3C4H9.Sn/c1-14-13-9-5-8-12(10-13)11-6-3-2-4-7-11;3*1-3-4-2;/h2-10,12H,1H3;3*1,3-4H2,2H3;/q-1;;;;/t12-;;;;/m0..../s1. The molecule has 1 aromatic rings. The van der Waals surface area contributed by atoms with Crippen LogP contribution in [-0.2, 0) is 4.74 Å². The summed E-state index contributed by atoms with van der Waals surface area (Å²) in [7, 11) is 1.70. The van der Waals surface area contributed by atoms with E-state index < -0.39 is 19.8 Å². The molecule has 1 atom stereocenters. The summed E-state index contributed by atoms with van der Waals surface area (Å²) in [6.45, 7) is 7.00. The van der Waals surface area contributed by atoms with E-state index in [-0.39, 0.29) is 0 Å². The molecule has 0 spiro atoms. The summed E-state index contributed by atoms with van der Waals surface area (Å²) in [4.78, 5) is 0. The third-order valence-electron chi connectivity index (χ3n) is 4.99. The molecule has 2 rings (SSSR count). The Bertz CT molecular complexity index is 501. The Labute approximate surface area is 176 Å². The molecule has 1 aliphatic carbocycles. The molecule has 0 unspecified atom stereocenters. The van der Waals surface area contributed by atoms with E-state index in [1.807, 2.05) is 18.6 Å². The summed E-state index contributed by atoms with van der Waals surface area (Å²) >= 11 is -0.839. The second-order valence-electron chi connectivity index (χ2n) is 7.32. The molecular weight excluding hydrogens is 435 g/mol. The van der Waals surface area contributed by atoms with Crippen molar-refractivity contribution < 1.29 is 4.74 Å². The van der Waals surface area contributed by atoms with Crippen molar-refractivity contribution in [1.29, 1.82) is 0 Å². The van der Waals surface area contributed by atoms with E-state index in [0.29, 0.717) is 5.92 Å². The minimum atomic E-state index is -0.839. The molecule has 0 saturated carbocycles. The van der Waals surface area contributed by atoms with E-state index in [2.05, 4.69) is 57.2 Å². The first kappa shape index (κ1) is 24.2. The van der Waals surface area contributed by atoms with Crippen LogP contribution in [0.3, 0.4) is 0 Å². The third kappa shape index (κ3) is 10.9. The summed E-state index contributed by atoms with van der Waals surface area (Å²) in [5.41, 5.74) is 1.30. The molecule has 1 aliphatic rings. The average molecular weight is 475 g/mol. The van der Waals surface area contributed by atoms with Crippen LogP contribution in [0.5, 0.6) is 0 Å². The summed E-state index contributed by atoms with van der Waals surface area (Å²) in [6.07, 6.45) is 17.1. The average Bonchev–Trinajstić information content (AvgIpc) is 2.74. The van der Waals surface area contributed by atoms with Crippen LogP contribution < -0.4 is 0 Å². The second-order valence-corrected chi connectivity index (χ2v) is 15.9. The molecule has 27 heavy (non-hydrogen) atoms. The zero-order valence-electron chi connectivity index (χ0n) is 18.0. The minimum Gasteiger partial charge on any atom is -0.522 e. The molecule has 0 saturated heterocycles. The normalized spacial score (nSPS) is 15.6. The van der Waals surface area contributed by atoms with Crippen molar-refractivity contribution in [3.63, 3.8) is 0 Å². The number of allylic oxidation sites excluding steroid dienone is 3. The predicted molar refractivity (Wildman–Crippen MR) is 123 cm³/mol. The maximum absolute atomic E-state index is 5.20. The number of hydrogen-bond acceptors (Lipinski definition) is 1. The smallest absolute Gasteiger partial charge is 0.0743 e. The van der Waals surface area contributed by atoms with Gasteiger partial charge in [0, 0.05) is 5.76 Å². The van der Waals surface area contributed by atoms with Crippen molar-refractivity contribution in [3.8, 4) is 0 Å². The van der Waals surface area contributed by atoms with Gasteiger partial charge in [-0.1, -0.05) is 41.8 Å². The van der Waals surface area contributed by atoms with Crippen molar-refractivity contribution in [1.82, 2.24) is 0 Å². The van der Waals surface area contributed by atoms with Gasteiger partial charge in [-0.25, -0.2) is 0 Å². The zero-order chi connectivity index (χ0) is 19.7. The number of unbranched alkanes of at least 4 members (excludes halogenated alkanes) is 3. The van der Waals surface area contributed by atoms with Crippen LogP contribution in [0.4, 0.5) is 0 Å². The van der Waals surface area contributed by atoms with E-state index in [4.69, 9.17) is 4.74 Å². The van der Waals surface area contributed by atoms with Crippen molar-refractivity contribution in [2.75, 3.05) is 7.11 Å². The molecule has 2 heteroatoms. The summed E-state index contributed by atoms with van der Waals surface area (Å²) in [6, 6.07) is 10.4. The Morgan fingerprint density at radius 1 is 0.889 bits per heavy atom. The topological polar surface area (TPSA) is 9.23 Å². The molecule has 0 amide bonds. The molecule has 0 aliphatic heterocycles. The monoisotopic (exact) mass is 476 g/mol. The van der Waals surface area contributed by atoms with Crippen LogP contribution in [0.2, 0.25) is 13.3 Å². The molecule has 0 heterocycles. The number of hydrogen-bond donors (Lipinski definition) is 0. The first-order valence-electron chi connectivity index (χ1n) is 10.9. The molecule has 0 bridgehead atoms. The van der Waals surface area contributed by atoms with Gasteiger partial charge in [-0.3, -0.25) is 0 Å². The number of methoxy groups -OCH3 is 1. The quantitative estimate of drug-likeness (QED) is 0.233. The Kier molecular flexibility index (Phi) is 14.5. The SMILES string of the molecule is CCC[CH2][Sn]([CH2]CCC)[CH2]CCC.COC1=C[C@@H](c2ccccc2)C=C[CH-]1. The molecule has 151 valence electrons. The van der Waals surface area contributed by atoms with Gasteiger partial charge in [-0.05, 0) is 0 Å². The summed E-state index contributed by atoms with van der Waals surface area (Å²) in [5, 5.41) is 0. The van der Waals surface area contributed by atoms with E-state index in [1.165, 1.54) is 44.1 Å². The first-order chi connectivity index (χ1) is 13.2. The van der Waals surface area contributed by atoms with Crippen molar-refractivity contribution in [2.24, 2.45) is 0 Å². The van der Waals surface area contributed by atoms with Gasteiger partial charge in [0.2, 0.25) is 0 Å². The van der Waals surface area contributed by atoms with Gasteiger partial charge in [0.05, 0.1) is 7.11 Å². The van der Waals surface area contributed by atoms with E-state index in [9.17, 15) is 0 Å². The van der Waals surface area contributed by atoms with Gasteiger partial charge in [0.25, 0.3) is 0 Å². The second kappa shape index (κ2) is 16.2. The van der Waals surface area contributed by atoms with Gasteiger partial charge in [0.15, 0.2) is 0 Å². The maximum Gasteiger partial charge on any atom is 0.0743 e. The van der Waals surface area contributed by atoms with Crippen LogP contribution in [0, 0.1) is 6.42 Å².